The fraction of sp³-hybridized carbons (Fsp3) is 0.350. The minimum Gasteiger partial charge on any atom is -0.497 e. The molecular weight excluding hydrogens is 319 g/mol. The van der Waals surface area contributed by atoms with Gasteiger partial charge in [-0.15, -0.1) is 0 Å². The molecule has 0 aromatic heterocycles. The van der Waals surface area contributed by atoms with E-state index in [9.17, 15) is 9.18 Å². The highest BCUT2D eigenvalue weighted by atomic mass is 19.1. The quantitative estimate of drug-likeness (QED) is 0.772. The summed E-state index contributed by atoms with van der Waals surface area (Å²) in [5.41, 5.74) is 7.81. The molecule has 4 nitrogen and oxygen atoms in total. The van der Waals surface area contributed by atoms with Crippen LogP contribution >= 0.6 is 0 Å². The Hall–Kier alpha value is -2.40. The van der Waals surface area contributed by atoms with Gasteiger partial charge in [0.05, 0.1) is 19.2 Å². The van der Waals surface area contributed by atoms with Crippen molar-refractivity contribution < 1.29 is 13.9 Å². The van der Waals surface area contributed by atoms with Crippen molar-refractivity contribution in [3.63, 3.8) is 0 Å². The molecular formula is C20H25FN2O2. The third-order valence-corrected chi connectivity index (χ3v) is 4.12. The van der Waals surface area contributed by atoms with Crippen LogP contribution in [0.1, 0.15) is 36.9 Å². The molecule has 2 aromatic rings. The molecule has 1 amide bonds. The van der Waals surface area contributed by atoms with Gasteiger partial charge in [0.1, 0.15) is 11.6 Å². The molecule has 2 unspecified atom stereocenters. The number of methoxy groups -OCH3 is 1. The average molecular weight is 344 g/mol. The van der Waals surface area contributed by atoms with Gasteiger partial charge in [0.2, 0.25) is 5.91 Å². The first-order valence-electron chi connectivity index (χ1n) is 8.47. The molecule has 0 spiro atoms. The summed E-state index contributed by atoms with van der Waals surface area (Å²) in [6.45, 7) is 1.99. The molecule has 2 atom stereocenters. The van der Waals surface area contributed by atoms with Gasteiger partial charge in [-0.3, -0.25) is 4.79 Å². The summed E-state index contributed by atoms with van der Waals surface area (Å²) >= 11 is 0. The first-order chi connectivity index (χ1) is 12.0. The van der Waals surface area contributed by atoms with Gasteiger partial charge in [-0.1, -0.05) is 37.6 Å². The van der Waals surface area contributed by atoms with Crippen molar-refractivity contribution in [2.75, 3.05) is 7.11 Å². The van der Waals surface area contributed by atoms with E-state index < -0.39 is 6.04 Å². The minimum absolute atomic E-state index is 0.176. The number of nitrogens with one attached hydrogen (secondary N) is 1. The predicted octanol–water partition coefficient (Wildman–Crippen LogP) is 3.36. The summed E-state index contributed by atoms with van der Waals surface area (Å²) in [4.78, 5) is 12.4. The molecule has 3 N–H and O–H groups in total. The van der Waals surface area contributed by atoms with E-state index >= 15 is 0 Å². The third-order valence-electron chi connectivity index (χ3n) is 4.12. The molecule has 0 aliphatic carbocycles. The maximum absolute atomic E-state index is 13.1. The fourth-order valence-electron chi connectivity index (χ4n) is 2.67. The number of hydrogen-bond acceptors (Lipinski definition) is 3. The van der Waals surface area contributed by atoms with E-state index in [0.29, 0.717) is 12.8 Å². The zero-order chi connectivity index (χ0) is 18.2. The van der Waals surface area contributed by atoms with E-state index in [1.165, 1.54) is 12.1 Å². The van der Waals surface area contributed by atoms with Crippen LogP contribution in [-0.4, -0.2) is 19.1 Å². The standard InChI is InChI=1S/C20H25FN2O2/c1-3-4-18(22)20(24)23-19(13-14-5-9-16(21)10-6-14)15-7-11-17(25-2)12-8-15/h5-12,18-19H,3-4,13,22H2,1-2H3,(H,23,24). The number of benzene rings is 2. The Kier molecular flexibility index (Phi) is 6.95. The Morgan fingerprint density at radius 2 is 1.80 bits per heavy atom. The van der Waals surface area contributed by atoms with Gasteiger partial charge >= 0.3 is 0 Å². The lowest BCUT2D eigenvalue weighted by Crippen LogP contribution is -2.42. The van der Waals surface area contributed by atoms with Crippen LogP contribution in [0.25, 0.3) is 0 Å². The second kappa shape index (κ2) is 9.18. The molecule has 2 rings (SSSR count). The summed E-state index contributed by atoms with van der Waals surface area (Å²) in [5.74, 6) is 0.293. The first-order valence-corrected chi connectivity index (χ1v) is 8.47. The number of amides is 1. The zero-order valence-electron chi connectivity index (χ0n) is 14.7. The molecule has 0 aliphatic heterocycles. The van der Waals surface area contributed by atoms with E-state index in [4.69, 9.17) is 10.5 Å². The minimum atomic E-state index is -0.529. The lowest BCUT2D eigenvalue weighted by Gasteiger charge is -2.22. The molecule has 134 valence electrons. The Morgan fingerprint density at radius 3 is 2.36 bits per heavy atom. The molecule has 2 aromatic carbocycles. The second-order valence-electron chi connectivity index (χ2n) is 6.06. The van der Waals surface area contributed by atoms with Crippen LogP contribution in [0.4, 0.5) is 4.39 Å². The number of hydrogen-bond donors (Lipinski definition) is 2. The first kappa shape index (κ1) is 18.9. The van der Waals surface area contributed by atoms with Crippen molar-refractivity contribution in [2.45, 2.75) is 38.3 Å². The van der Waals surface area contributed by atoms with Crippen molar-refractivity contribution >= 4 is 5.91 Å². The molecule has 0 saturated heterocycles. The third kappa shape index (κ3) is 5.57. The molecule has 0 heterocycles. The van der Waals surface area contributed by atoms with Gasteiger partial charge < -0.3 is 15.8 Å². The van der Waals surface area contributed by atoms with Crippen LogP contribution in [0.5, 0.6) is 5.75 Å². The van der Waals surface area contributed by atoms with Gasteiger partial charge in [0, 0.05) is 0 Å². The number of ether oxygens (including phenoxy) is 1. The Balaban J connectivity index is 2.20. The second-order valence-corrected chi connectivity index (χ2v) is 6.06. The molecule has 5 heteroatoms. The van der Waals surface area contributed by atoms with Gasteiger partial charge in [-0.2, -0.15) is 0 Å². The zero-order valence-corrected chi connectivity index (χ0v) is 14.7. The number of nitrogens with two attached hydrogens (primary N) is 1. The van der Waals surface area contributed by atoms with Crippen molar-refractivity contribution in [1.82, 2.24) is 5.32 Å². The van der Waals surface area contributed by atoms with E-state index in [-0.39, 0.29) is 17.8 Å². The normalized spacial score (nSPS) is 13.1. The van der Waals surface area contributed by atoms with Crippen LogP contribution in [0.3, 0.4) is 0 Å². The summed E-state index contributed by atoms with van der Waals surface area (Å²) < 4.78 is 18.3. The SMILES string of the molecule is CCCC(N)C(=O)NC(Cc1ccc(F)cc1)c1ccc(OC)cc1. The largest absolute Gasteiger partial charge is 0.497 e. The van der Waals surface area contributed by atoms with Gasteiger partial charge in [-0.25, -0.2) is 4.39 Å². The summed E-state index contributed by atoms with van der Waals surface area (Å²) in [6, 6.07) is 13.1. The fourth-order valence-corrected chi connectivity index (χ4v) is 2.67. The van der Waals surface area contributed by atoms with Crippen molar-refractivity contribution in [3.05, 3.63) is 65.5 Å². The predicted molar refractivity (Wildman–Crippen MR) is 96.9 cm³/mol. The molecule has 0 radical (unpaired) electrons. The van der Waals surface area contributed by atoms with Gasteiger partial charge in [0.15, 0.2) is 0 Å². The van der Waals surface area contributed by atoms with Crippen molar-refractivity contribution in [2.24, 2.45) is 5.73 Å². The molecule has 25 heavy (non-hydrogen) atoms. The van der Waals surface area contributed by atoms with E-state index in [0.717, 1.165) is 23.3 Å². The molecule has 0 aliphatic rings. The number of carbonyl (C=O) groups is 1. The van der Waals surface area contributed by atoms with Crippen molar-refractivity contribution in [1.29, 1.82) is 0 Å². The average Bonchev–Trinajstić information content (AvgIpc) is 2.63. The van der Waals surface area contributed by atoms with Gasteiger partial charge in [-0.05, 0) is 48.2 Å². The maximum atomic E-state index is 13.1. The molecule has 0 fully saturated rings. The number of carbonyl (C=O) groups excluding carboxylic acids is 1. The summed E-state index contributed by atoms with van der Waals surface area (Å²) in [5, 5.41) is 3.02. The molecule has 0 saturated carbocycles. The lowest BCUT2D eigenvalue weighted by atomic mass is 9.98. The smallest absolute Gasteiger partial charge is 0.237 e. The topological polar surface area (TPSA) is 64.4 Å². The lowest BCUT2D eigenvalue weighted by molar-refractivity contribution is -0.123. The maximum Gasteiger partial charge on any atom is 0.237 e. The van der Waals surface area contributed by atoms with E-state index in [1.807, 2.05) is 31.2 Å². The highest BCUT2D eigenvalue weighted by Crippen LogP contribution is 2.22. The van der Waals surface area contributed by atoms with Gasteiger partial charge in [0.25, 0.3) is 0 Å². The van der Waals surface area contributed by atoms with Crippen LogP contribution in [0, 0.1) is 5.82 Å². The molecule has 0 bridgehead atoms. The van der Waals surface area contributed by atoms with Crippen LogP contribution in [0.2, 0.25) is 0 Å². The Morgan fingerprint density at radius 1 is 1.16 bits per heavy atom. The summed E-state index contributed by atoms with van der Waals surface area (Å²) in [6.07, 6.45) is 2.04. The van der Waals surface area contributed by atoms with E-state index in [1.54, 1.807) is 19.2 Å². The number of rotatable bonds is 8. The highest BCUT2D eigenvalue weighted by molar-refractivity contribution is 5.81. The monoisotopic (exact) mass is 344 g/mol. The van der Waals surface area contributed by atoms with Crippen molar-refractivity contribution in [3.8, 4) is 5.75 Å². The summed E-state index contributed by atoms with van der Waals surface area (Å²) in [7, 11) is 1.61. The number of halogens is 1. The van der Waals surface area contributed by atoms with E-state index in [2.05, 4.69) is 5.32 Å². The Labute approximate surface area is 148 Å². The van der Waals surface area contributed by atoms with Crippen LogP contribution in [0.15, 0.2) is 48.5 Å². The van der Waals surface area contributed by atoms with Crippen LogP contribution in [-0.2, 0) is 11.2 Å². The Bertz CT molecular complexity index is 671. The highest BCUT2D eigenvalue weighted by Gasteiger charge is 2.19. The van der Waals surface area contributed by atoms with Crippen LogP contribution < -0.4 is 15.8 Å².